The average molecular weight is 262 g/mol. The van der Waals surface area contributed by atoms with E-state index in [1.54, 1.807) is 30.3 Å². The minimum Gasteiger partial charge on any atom is -0.423 e. The maximum Gasteiger partial charge on any atom is 0.344 e. The monoisotopic (exact) mass is 262 g/mol. The summed E-state index contributed by atoms with van der Waals surface area (Å²) in [5.74, 6) is 0.130. The summed E-state index contributed by atoms with van der Waals surface area (Å²) < 4.78 is 5.38. The van der Waals surface area contributed by atoms with E-state index in [9.17, 15) is 4.79 Å². The van der Waals surface area contributed by atoms with Crippen molar-refractivity contribution < 1.29 is 9.53 Å². The van der Waals surface area contributed by atoms with Crippen LogP contribution in [0.5, 0.6) is 5.75 Å². The van der Waals surface area contributed by atoms with Gasteiger partial charge in [-0.2, -0.15) is 0 Å². The molecule has 0 atom stereocenters. The highest BCUT2D eigenvalue weighted by Gasteiger charge is 2.13. The van der Waals surface area contributed by atoms with Gasteiger partial charge in [-0.1, -0.05) is 30.3 Å². The third kappa shape index (κ3) is 2.38. The number of aromatic nitrogens is 1. The van der Waals surface area contributed by atoms with Crippen LogP contribution in [0.25, 0.3) is 10.9 Å². The number of aryl methyl sites for hydroxylation is 1. The number of benzene rings is 2. The molecule has 0 fully saturated rings. The summed E-state index contributed by atoms with van der Waals surface area (Å²) >= 11 is 0. The molecule has 0 aliphatic heterocycles. The highest BCUT2D eigenvalue weighted by atomic mass is 16.5. The smallest absolute Gasteiger partial charge is 0.344 e. The Labute approximate surface area is 116 Å². The van der Waals surface area contributed by atoms with Gasteiger partial charge in [0.1, 0.15) is 5.75 Å². The second-order valence-electron chi connectivity index (χ2n) is 4.45. The Morgan fingerprint density at radius 2 is 1.90 bits per heavy atom. The molecule has 0 spiro atoms. The Hall–Kier alpha value is -2.68. The number of para-hydroxylation sites is 1. The quantitative estimate of drug-likeness (QED) is 0.523. The summed E-state index contributed by atoms with van der Waals surface area (Å²) in [5, 5.41) is 0.797. The lowest BCUT2D eigenvalue weighted by molar-refractivity contribution is 0.0736. The summed E-state index contributed by atoms with van der Waals surface area (Å²) in [7, 11) is 0. The van der Waals surface area contributed by atoms with Gasteiger partial charge in [-0.05, 0) is 37.3 Å². The SMILES string of the molecule is Cc1cc(C(=O)Oc2cc[c]cc2)c2ccccc2n1. The number of esters is 1. The molecule has 1 aromatic heterocycles. The van der Waals surface area contributed by atoms with Crippen molar-refractivity contribution in [2.75, 3.05) is 0 Å². The van der Waals surface area contributed by atoms with Crippen molar-refractivity contribution in [2.24, 2.45) is 0 Å². The maximum atomic E-state index is 12.3. The number of ether oxygens (including phenoxy) is 1. The van der Waals surface area contributed by atoms with E-state index in [1.165, 1.54) is 0 Å². The lowest BCUT2D eigenvalue weighted by Crippen LogP contribution is -2.10. The van der Waals surface area contributed by atoms with E-state index in [4.69, 9.17) is 4.74 Å². The van der Waals surface area contributed by atoms with E-state index in [2.05, 4.69) is 11.1 Å². The lowest BCUT2D eigenvalue weighted by Gasteiger charge is -2.08. The number of carbonyl (C=O) groups excluding carboxylic acids is 1. The van der Waals surface area contributed by atoms with Crippen LogP contribution in [0, 0.1) is 13.0 Å². The summed E-state index contributed by atoms with van der Waals surface area (Å²) in [6.07, 6.45) is 0. The Morgan fingerprint density at radius 1 is 1.15 bits per heavy atom. The molecule has 0 amide bonds. The number of hydrogen-bond acceptors (Lipinski definition) is 3. The van der Waals surface area contributed by atoms with Crippen LogP contribution >= 0.6 is 0 Å². The molecule has 97 valence electrons. The van der Waals surface area contributed by atoms with Crippen LogP contribution in [0.3, 0.4) is 0 Å². The summed E-state index contributed by atoms with van der Waals surface area (Å²) in [6, 6.07) is 19.0. The van der Waals surface area contributed by atoms with Crippen molar-refractivity contribution in [3.05, 3.63) is 71.9 Å². The molecule has 0 aliphatic rings. The molecule has 0 bridgehead atoms. The number of pyridine rings is 1. The maximum absolute atomic E-state index is 12.3. The zero-order valence-electron chi connectivity index (χ0n) is 11.0. The van der Waals surface area contributed by atoms with E-state index < -0.39 is 0 Å². The van der Waals surface area contributed by atoms with Crippen molar-refractivity contribution >= 4 is 16.9 Å². The fraction of sp³-hybridized carbons (Fsp3) is 0.0588. The molecule has 3 nitrogen and oxygen atoms in total. The largest absolute Gasteiger partial charge is 0.423 e. The van der Waals surface area contributed by atoms with Gasteiger partial charge in [-0.25, -0.2) is 4.79 Å². The highest BCUT2D eigenvalue weighted by molar-refractivity contribution is 6.04. The van der Waals surface area contributed by atoms with Crippen molar-refractivity contribution in [3.63, 3.8) is 0 Å². The lowest BCUT2D eigenvalue weighted by atomic mass is 10.1. The van der Waals surface area contributed by atoms with E-state index in [0.29, 0.717) is 11.3 Å². The standard InChI is InChI=1S/C17H12NO2/c1-12-11-15(14-9-5-6-10-16(14)18-12)17(19)20-13-7-3-2-4-8-13/h3-11H,1H3. The van der Waals surface area contributed by atoms with Crippen LogP contribution in [-0.2, 0) is 0 Å². The molecule has 1 radical (unpaired) electrons. The second kappa shape index (κ2) is 5.13. The molecule has 0 saturated heterocycles. The van der Waals surface area contributed by atoms with Gasteiger partial charge in [0.25, 0.3) is 0 Å². The molecule has 3 aromatic rings. The predicted molar refractivity (Wildman–Crippen MR) is 76.7 cm³/mol. The zero-order valence-corrected chi connectivity index (χ0v) is 11.0. The minimum absolute atomic E-state index is 0.377. The van der Waals surface area contributed by atoms with E-state index in [1.807, 2.05) is 31.2 Å². The van der Waals surface area contributed by atoms with Crippen molar-refractivity contribution in [2.45, 2.75) is 6.92 Å². The summed E-state index contributed by atoms with van der Waals surface area (Å²) in [4.78, 5) is 16.7. The number of fused-ring (bicyclic) bond motifs is 1. The van der Waals surface area contributed by atoms with Crippen molar-refractivity contribution in [1.29, 1.82) is 0 Å². The first-order valence-electron chi connectivity index (χ1n) is 6.29. The molecule has 1 heterocycles. The van der Waals surface area contributed by atoms with E-state index in [-0.39, 0.29) is 5.97 Å². The van der Waals surface area contributed by atoms with Crippen molar-refractivity contribution in [1.82, 2.24) is 4.98 Å². The summed E-state index contributed by atoms with van der Waals surface area (Å²) in [6.45, 7) is 1.86. The molecule has 0 aliphatic carbocycles. The number of rotatable bonds is 2. The first-order valence-corrected chi connectivity index (χ1v) is 6.29. The Kier molecular flexibility index (Phi) is 3.17. The van der Waals surface area contributed by atoms with Gasteiger partial charge in [-0.3, -0.25) is 4.98 Å². The van der Waals surface area contributed by atoms with Gasteiger partial charge in [0.2, 0.25) is 0 Å². The minimum atomic E-state index is -0.377. The molecule has 3 heteroatoms. The van der Waals surface area contributed by atoms with Gasteiger partial charge < -0.3 is 4.74 Å². The van der Waals surface area contributed by atoms with Gasteiger partial charge in [0.05, 0.1) is 11.1 Å². The molecule has 0 unspecified atom stereocenters. The topological polar surface area (TPSA) is 39.2 Å². The molecule has 0 saturated carbocycles. The highest BCUT2D eigenvalue weighted by Crippen LogP contribution is 2.20. The molecular weight excluding hydrogens is 250 g/mol. The van der Waals surface area contributed by atoms with Gasteiger partial charge in [-0.15, -0.1) is 0 Å². The number of nitrogens with zero attached hydrogens (tertiary/aromatic N) is 1. The van der Waals surface area contributed by atoms with Crippen LogP contribution in [0.2, 0.25) is 0 Å². The van der Waals surface area contributed by atoms with Gasteiger partial charge in [0.15, 0.2) is 0 Å². The Bertz CT molecular complexity index is 766. The third-order valence-corrected chi connectivity index (χ3v) is 2.96. The Morgan fingerprint density at radius 3 is 2.70 bits per heavy atom. The van der Waals surface area contributed by atoms with Crippen LogP contribution in [-0.4, -0.2) is 11.0 Å². The fourth-order valence-electron chi connectivity index (χ4n) is 2.08. The zero-order chi connectivity index (χ0) is 13.9. The first kappa shape index (κ1) is 12.4. The molecule has 2 aromatic carbocycles. The third-order valence-electron chi connectivity index (χ3n) is 2.96. The van der Waals surface area contributed by atoms with Gasteiger partial charge >= 0.3 is 5.97 Å². The number of carbonyl (C=O) groups is 1. The molecule has 3 rings (SSSR count). The van der Waals surface area contributed by atoms with Crippen LogP contribution in [0.4, 0.5) is 0 Å². The molecular formula is C17H12NO2. The first-order chi connectivity index (χ1) is 9.74. The van der Waals surface area contributed by atoms with Crippen LogP contribution < -0.4 is 4.74 Å². The normalized spacial score (nSPS) is 10.4. The van der Waals surface area contributed by atoms with Crippen LogP contribution in [0.1, 0.15) is 16.1 Å². The molecule has 20 heavy (non-hydrogen) atoms. The van der Waals surface area contributed by atoms with Gasteiger partial charge in [0, 0.05) is 11.1 Å². The van der Waals surface area contributed by atoms with Crippen LogP contribution in [0.15, 0.2) is 54.6 Å². The van der Waals surface area contributed by atoms with E-state index >= 15 is 0 Å². The van der Waals surface area contributed by atoms with Crippen molar-refractivity contribution in [3.8, 4) is 5.75 Å². The molecule has 0 N–H and O–H groups in total. The number of hydrogen-bond donors (Lipinski definition) is 0. The predicted octanol–water partition coefficient (Wildman–Crippen LogP) is 3.56. The summed E-state index contributed by atoms with van der Waals surface area (Å²) in [5.41, 5.74) is 2.11. The fourth-order valence-corrected chi connectivity index (χ4v) is 2.08. The van der Waals surface area contributed by atoms with E-state index in [0.717, 1.165) is 16.6 Å². The second-order valence-corrected chi connectivity index (χ2v) is 4.45. The Balaban J connectivity index is 2.03. The average Bonchev–Trinajstić information content (AvgIpc) is 2.47.